The zero-order valence-corrected chi connectivity index (χ0v) is 12.0. The summed E-state index contributed by atoms with van der Waals surface area (Å²) in [4.78, 5) is 2.28. The van der Waals surface area contributed by atoms with Gasteiger partial charge in [0.2, 0.25) is 0 Å². The topological polar surface area (TPSA) is 24.5 Å². The van der Waals surface area contributed by atoms with E-state index in [9.17, 15) is 0 Å². The number of rotatable bonds is 8. The first kappa shape index (κ1) is 14.1. The lowest BCUT2D eigenvalue weighted by molar-refractivity contribution is 0.350. The molecule has 0 radical (unpaired) electrons. The number of hydrogen-bond donors (Lipinski definition) is 1. The molecule has 1 aliphatic carbocycles. The molecule has 0 aliphatic heterocycles. The Morgan fingerprint density at radius 1 is 1.47 bits per heavy atom. The molecule has 3 nitrogen and oxygen atoms in total. The van der Waals surface area contributed by atoms with E-state index in [1.807, 2.05) is 12.1 Å². The Morgan fingerprint density at radius 2 is 2.26 bits per heavy atom. The molecule has 1 saturated carbocycles. The van der Waals surface area contributed by atoms with Crippen molar-refractivity contribution in [2.24, 2.45) is 0 Å². The van der Waals surface area contributed by atoms with Gasteiger partial charge in [-0.1, -0.05) is 18.7 Å². The predicted octanol–water partition coefficient (Wildman–Crippen LogP) is 2.44. The smallest absolute Gasteiger partial charge is 0.119 e. The number of hydrogen-bond acceptors (Lipinski definition) is 3. The Hall–Kier alpha value is -1.32. The fourth-order valence-electron chi connectivity index (χ4n) is 2.15. The summed E-state index contributed by atoms with van der Waals surface area (Å²) in [5.74, 6) is 0.917. The molecule has 0 bridgehead atoms. The van der Waals surface area contributed by atoms with Gasteiger partial charge in [0.15, 0.2) is 0 Å². The van der Waals surface area contributed by atoms with Crippen molar-refractivity contribution in [3.05, 3.63) is 42.0 Å². The molecule has 3 heteroatoms. The molecule has 0 unspecified atom stereocenters. The second-order valence-corrected chi connectivity index (χ2v) is 5.43. The Bertz CT molecular complexity index is 427. The summed E-state index contributed by atoms with van der Waals surface area (Å²) < 4.78 is 5.24. The van der Waals surface area contributed by atoms with Gasteiger partial charge in [0.05, 0.1) is 7.11 Å². The zero-order chi connectivity index (χ0) is 13.7. The highest BCUT2D eigenvalue weighted by Crippen LogP contribution is 2.18. The van der Waals surface area contributed by atoms with Crippen molar-refractivity contribution in [1.82, 2.24) is 10.2 Å². The fraction of sp³-hybridized carbons (Fsp3) is 0.500. The molecule has 1 N–H and O–H groups in total. The highest BCUT2D eigenvalue weighted by molar-refractivity contribution is 5.28. The maximum absolute atomic E-state index is 5.24. The van der Waals surface area contributed by atoms with Crippen LogP contribution in [0, 0.1) is 0 Å². The van der Waals surface area contributed by atoms with Crippen LogP contribution in [-0.2, 0) is 6.54 Å². The normalized spacial score (nSPS) is 14.7. The Labute approximate surface area is 116 Å². The minimum Gasteiger partial charge on any atom is -0.497 e. The van der Waals surface area contributed by atoms with E-state index >= 15 is 0 Å². The minimum atomic E-state index is 0.750. The summed E-state index contributed by atoms with van der Waals surface area (Å²) in [5.41, 5.74) is 2.52. The van der Waals surface area contributed by atoms with E-state index in [1.54, 1.807) is 7.11 Å². The third kappa shape index (κ3) is 5.05. The molecule has 0 aromatic heterocycles. The molecule has 1 fully saturated rings. The summed E-state index contributed by atoms with van der Waals surface area (Å²) >= 11 is 0. The Kier molecular flexibility index (Phi) is 5.00. The van der Waals surface area contributed by atoms with Crippen molar-refractivity contribution in [1.29, 1.82) is 0 Å². The van der Waals surface area contributed by atoms with E-state index in [1.165, 1.54) is 24.0 Å². The average Bonchev–Trinajstić information content (AvgIpc) is 3.20. The quantitative estimate of drug-likeness (QED) is 0.727. The highest BCUT2D eigenvalue weighted by atomic mass is 16.5. The lowest BCUT2D eigenvalue weighted by Gasteiger charge is -2.19. The van der Waals surface area contributed by atoms with E-state index < -0.39 is 0 Å². The van der Waals surface area contributed by atoms with E-state index in [0.717, 1.165) is 31.4 Å². The lowest BCUT2D eigenvalue weighted by Crippen LogP contribution is -2.26. The monoisotopic (exact) mass is 260 g/mol. The fourth-order valence-corrected chi connectivity index (χ4v) is 2.15. The number of benzene rings is 1. The summed E-state index contributed by atoms with van der Waals surface area (Å²) in [5, 5.41) is 3.50. The summed E-state index contributed by atoms with van der Waals surface area (Å²) in [6.45, 7) is 6.92. The van der Waals surface area contributed by atoms with E-state index in [-0.39, 0.29) is 0 Å². The molecule has 0 saturated heterocycles. The number of likely N-dealkylation sites (N-methyl/N-ethyl adjacent to an activating group) is 1. The van der Waals surface area contributed by atoms with Crippen LogP contribution in [-0.4, -0.2) is 38.2 Å². The third-order valence-corrected chi connectivity index (χ3v) is 3.30. The van der Waals surface area contributed by atoms with Gasteiger partial charge in [-0.25, -0.2) is 0 Å². The van der Waals surface area contributed by atoms with Crippen molar-refractivity contribution in [2.45, 2.75) is 25.4 Å². The van der Waals surface area contributed by atoms with Crippen LogP contribution in [0.15, 0.2) is 36.4 Å². The SMILES string of the molecule is C=C(CNC1CC1)CN(C)Cc1cccc(OC)c1. The van der Waals surface area contributed by atoms with Gasteiger partial charge in [0, 0.05) is 25.7 Å². The van der Waals surface area contributed by atoms with Gasteiger partial charge in [-0.05, 0) is 43.2 Å². The molecule has 1 aromatic rings. The molecule has 0 amide bonds. The molecule has 0 heterocycles. The molecule has 0 atom stereocenters. The zero-order valence-electron chi connectivity index (χ0n) is 12.0. The minimum absolute atomic E-state index is 0.750. The molecule has 1 aromatic carbocycles. The van der Waals surface area contributed by atoms with Crippen molar-refractivity contribution in [3.8, 4) is 5.75 Å². The third-order valence-electron chi connectivity index (χ3n) is 3.30. The molecule has 104 valence electrons. The van der Waals surface area contributed by atoms with Crippen molar-refractivity contribution in [3.63, 3.8) is 0 Å². The second kappa shape index (κ2) is 6.73. The van der Waals surface area contributed by atoms with Crippen molar-refractivity contribution >= 4 is 0 Å². The molecular formula is C16H24N2O. The van der Waals surface area contributed by atoms with Crippen LogP contribution in [0.5, 0.6) is 5.75 Å². The second-order valence-electron chi connectivity index (χ2n) is 5.43. The number of ether oxygens (including phenoxy) is 1. The van der Waals surface area contributed by atoms with Crippen LogP contribution < -0.4 is 10.1 Å². The predicted molar refractivity (Wildman–Crippen MR) is 79.5 cm³/mol. The summed E-state index contributed by atoms with van der Waals surface area (Å²) in [6.07, 6.45) is 2.65. The highest BCUT2D eigenvalue weighted by Gasteiger charge is 2.20. The summed E-state index contributed by atoms with van der Waals surface area (Å²) in [7, 11) is 3.83. The maximum atomic E-state index is 5.24. The average molecular weight is 260 g/mol. The van der Waals surface area contributed by atoms with Gasteiger partial charge in [0.25, 0.3) is 0 Å². The van der Waals surface area contributed by atoms with Crippen molar-refractivity contribution in [2.75, 3.05) is 27.2 Å². The first-order chi connectivity index (χ1) is 9.17. The van der Waals surface area contributed by atoms with E-state index in [0.29, 0.717) is 0 Å². The van der Waals surface area contributed by atoms with Gasteiger partial charge < -0.3 is 10.1 Å². The number of methoxy groups -OCH3 is 1. The van der Waals surface area contributed by atoms with Crippen LogP contribution in [0.1, 0.15) is 18.4 Å². The van der Waals surface area contributed by atoms with Gasteiger partial charge >= 0.3 is 0 Å². The number of nitrogens with zero attached hydrogens (tertiary/aromatic N) is 1. The van der Waals surface area contributed by atoms with Gasteiger partial charge in [0.1, 0.15) is 5.75 Å². The molecule has 1 aliphatic rings. The van der Waals surface area contributed by atoms with Crippen LogP contribution in [0.25, 0.3) is 0 Å². The van der Waals surface area contributed by atoms with Gasteiger partial charge in [-0.3, -0.25) is 4.90 Å². The number of nitrogens with one attached hydrogen (secondary N) is 1. The van der Waals surface area contributed by atoms with Gasteiger partial charge in [-0.2, -0.15) is 0 Å². The van der Waals surface area contributed by atoms with Crippen LogP contribution in [0.3, 0.4) is 0 Å². The Balaban J connectivity index is 1.75. The standard InChI is InChI=1S/C16H24N2O/c1-13(10-17-15-7-8-15)11-18(2)12-14-5-4-6-16(9-14)19-3/h4-6,9,15,17H,1,7-8,10-12H2,2-3H3. The van der Waals surface area contributed by atoms with Crippen LogP contribution in [0.4, 0.5) is 0 Å². The van der Waals surface area contributed by atoms with E-state index in [4.69, 9.17) is 4.74 Å². The summed E-state index contributed by atoms with van der Waals surface area (Å²) in [6, 6.07) is 8.97. The van der Waals surface area contributed by atoms with Crippen LogP contribution >= 0.6 is 0 Å². The Morgan fingerprint density at radius 3 is 2.95 bits per heavy atom. The molecule has 2 rings (SSSR count). The van der Waals surface area contributed by atoms with E-state index in [2.05, 4.69) is 36.0 Å². The molecule has 19 heavy (non-hydrogen) atoms. The first-order valence-corrected chi connectivity index (χ1v) is 6.89. The molecule has 0 spiro atoms. The van der Waals surface area contributed by atoms with Gasteiger partial charge in [-0.15, -0.1) is 0 Å². The largest absolute Gasteiger partial charge is 0.497 e. The lowest BCUT2D eigenvalue weighted by atomic mass is 10.2. The maximum Gasteiger partial charge on any atom is 0.119 e. The van der Waals surface area contributed by atoms with Crippen LogP contribution in [0.2, 0.25) is 0 Å². The molecular weight excluding hydrogens is 236 g/mol. The first-order valence-electron chi connectivity index (χ1n) is 6.89. The van der Waals surface area contributed by atoms with Crippen molar-refractivity contribution < 1.29 is 4.74 Å².